The first kappa shape index (κ1) is 16.6. The van der Waals surface area contributed by atoms with E-state index in [1.807, 2.05) is 18.2 Å². The Kier molecular flexibility index (Phi) is 5.18. The lowest BCUT2D eigenvalue weighted by molar-refractivity contribution is 0.0870. The van der Waals surface area contributed by atoms with Gasteiger partial charge < -0.3 is 10.1 Å². The molecule has 1 aliphatic rings. The number of hydrogen-bond acceptors (Lipinski definition) is 3. The highest BCUT2D eigenvalue weighted by Crippen LogP contribution is 2.28. The summed E-state index contributed by atoms with van der Waals surface area (Å²) in [5, 5.41) is 4.43. The minimum atomic E-state index is 0.261. The fraction of sp³-hybridized carbons (Fsp3) is 0.647. The van der Waals surface area contributed by atoms with Crippen LogP contribution in [0.25, 0.3) is 0 Å². The smallest absolute Gasteiger partial charge is 0.123 e. The van der Waals surface area contributed by atoms with Crippen LogP contribution >= 0.6 is 11.6 Å². The van der Waals surface area contributed by atoms with Crippen molar-refractivity contribution >= 4 is 11.6 Å². The highest BCUT2D eigenvalue weighted by atomic mass is 35.5. The Hall–Kier alpha value is -0.770. The molecule has 0 radical (unpaired) electrons. The molecule has 3 nitrogen and oxygen atoms in total. The number of piperazine rings is 1. The predicted octanol–water partition coefficient (Wildman–Crippen LogP) is 3.56. The Bertz CT molecular complexity index is 484. The van der Waals surface area contributed by atoms with Crippen molar-refractivity contribution in [1.82, 2.24) is 10.2 Å². The fourth-order valence-corrected chi connectivity index (χ4v) is 3.01. The van der Waals surface area contributed by atoms with Crippen molar-refractivity contribution in [2.75, 3.05) is 20.2 Å². The second kappa shape index (κ2) is 6.55. The van der Waals surface area contributed by atoms with E-state index in [1.165, 1.54) is 0 Å². The van der Waals surface area contributed by atoms with E-state index in [0.29, 0.717) is 12.1 Å². The third-order valence-corrected chi connectivity index (χ3v) is 4.60. The molecule has 0 spiro atoms. The molecule has 0 aliphatic carbocycles. The Morgan fingerprint density at radius 2 is 2.10 bits per heavy atom. The third-order valence-electron chi connectivity index (χ3n) is 4.36. The van der Waals surface area contributed by atoms with Gasteiger partial charge in [-0.15, -0.1) is 0 Å². The molecule has 2 unspecified atom stereocenters. The van der Waals surface area contributed by atoms with Crippen LogP contribution in [0.5, 0.6) is 5.75 Å². The number of methoxy groups -OCH3 is 1. The van der Waals surface area contributed by atoms with Gasteiger partial charge in [0.05, 0.1) is 7.11 Å². The molecule has 1 N–H and O–H groups in total. The van der Waals surface area contributed by atoms with Crippen LogP contribution in [0.1, 0.15) is 33.3 Å². The maximum atomic E-state index is 6.14. The molecule has 1 aromatic carbocycles. The van der Waals surface area contributed by atoms with E-state index in [2.05, 4.69) is 37.9 Å². The third kappa shape index (κ3) is 4.12. The monoisotopic (exact) mass is 310 g/mol. The summed E-state index contributed by atoms with van der Waals surface area (Å²) in [5.74, 6) is 0.914. The lowest BCUT2D eigenvalue weighted by Crippen LogP contribution is -2.59. The fourth-order valence-electron chi connectivity index (χ4n) is 2.81. The van der Waals surface area contributed by atoms with Gasteiger partial charge in [-0.3, -0.25) is 4.90 Å². The lowest BCUT2D eigenvalue weighted by Gasteiger charge is -2.44. The molecule has 1 heterocycles. The van der Waals surface area contributed by atoms with Crippen molar-refractivity contribution in [3.8, 4) is 5.75 Å². The van der Waals surface area contributed by atoms with Crippen molar-refractivity contribution in [3.05, 3.63) is 28.8 Å². The molecule has 1 fully saturated rings. The zero-order valence-corrected chi connectivity index (χ0v) is 14.5. The van der Waals surface area contributed by atoms with E-state index in [4.69, 9.17) is 16.3 Å². The second-order valence-corrected chi connectivity index (χ2v) is 7.50. The molecule has 1 saturated heterocycles. The van der Waals surface area contributed by atoms with Gasteiger partial charge in [-0.2, -0.15) is 0 Å². The zero-order chi connectivity index (χ0) is 15.6. The highest BCUT2D eigenvalue weighted by molar-refractivity contribution is 6.30. The van der Waals surface area contributed by atoms with E-state index in [9.17, 15) is 0 Å². The zero-order valence-electron chi connectivity index (χ0n) is 13.7. The number of ether oxygens (including phenoxy) is 1. The van der Waals surface area contributed by atoms with Gasteiger partial charge in [-0.05, 0) is 30.5 Å². The highest BCUT2D eigenvalue weighted by Gasteiger charge is 2.32. The summed E-state index contributed by atoms with van der Waals surface area (Å²) in [5.41, 5.74) is 1.42. The van der Waals surface area contributed by atoms with Gasteiger partial charge in [-0.25, -0.2) is 0 Å². The SMILES string of the molecule is COc1ccc(Cl)cc1CN1CC(C(C)(C)C)NCC1C. The molecule has 1 aliphatic heterocycles. The summed E-state index contributed by atoms with van der Waals surface area (Å²) >= 11 is 6.14. The normalized spacial score (nSPS) is 24.1. The summed E-state index contributed by atoms with van der Waals surface area (Å²) in [6.45, 7) is 12.1. The van der Waals surface area contributed by atoms with Crippen molar-refractivity contribution in [3.63, 3.8) is 0 Å². The largest absolute Gasteiger partial charge is 0.496 e. The molecular weight excluding hydrogens is 284 g/mol. The van der Waals surface area contributed by atoms with E-state index >= 15 is 0 Å². The Morgan fingerprint density at radius 3 is 2.71 bits per heavy atom. The van der Waals surface area contributed by atoms with Crippen LogP contribution in [-0.2, 0) is 6.54 Å². The van der Waals surface area contributed by atoms with Gasteiger partial charge in [0.2, 0.25) is 0 Å². The van der Waals surface area contributed by atoms with Gasteiger partial charge in [-0.1, -0.05) is 32.4 Å². The standard InChI is InChI=1S/C17H27ClN2O/c1-12-9-19-16(17(2,3)4)11-20(12)10-13-8-14(18)6-7-15(13)21-5/h6-8,12,16,19H,9-11H2,1-5H3. The average Bonchev–Trinajstić information content (AvgIpc) is 2.40. The Morgan fingerprint density at radius 1 is 1.38 bits per heavy atom. The molecule has 0 aromatic heterocycles. The van der Waals surface area contributed by atoms with Crippen LogP contribution in [0.3, 0.4) is 0 Å². The van der Waals surface area contributed by atoms with Gasteiger partial charge in [0.15, 0.2) is 0 Å². The number of nitrogens with one attached hydrogen (secondary N) is 1. The molecular formula is C17H27ClN2O. The van der Waals surface area contributed by atoms with Crippen LogP contribution in [-0.4, -0.2) is 37.2 Å². The number of nitrogens with zero attached hydrogens (tertiary/aromatic N) is 1. The maximum Gasteiger partial charge on any atom is 0.123 e. The molecule has 0 saturated carbocycles. The number of hydrogen-bond donors (Lipinski definition) is 1. The first-order valence-corrected chi connectivity index (χ1v) is 7.99. The van der Waals surface area contributed by atoms with Gasteiger partial charge in [0, 0.05) is 42.3 Å². The van der Waals surface area contributed by atoms with E-state index in [-0.39, 0.29) is 5.41 Å². The van der Waals surface area contributed by atoms with Gasteiger partial charge in [0.1, 0.15) is 5.75 Å². The first-order valence-electron chi connectivity index (χ1n) is 7.61. The van der Waals surface area contributed by atoms with Gasteiger partial charge >= 0.3 is 0 Å². The van der Waals surface area contributed by atoms with Crippen LogP contribution < -0.4 is 10.1 Å². The van der Waals surface area contributed by atoms with Crippen LogP contribution in [0, 0.1) is 5.41 Å². The summed E-state index contributed by atoms with van der Waals surface area (Å²) in [7, 11) is 1.71. The van der Waals surface area contributed by atoms with Crippen LogP contribution in [0.2, 0.25) is 5.02 Å². The molecule has 1 aromatic rings. The molecule has 2 rings (SSSR count). The predicted molar refractivity (Wildman–Crippen MR) is 89.1 cm³/mol. The summed E-state index contributed by atoms with van der Waals surface area (Å²) in [6, 6.07) is 6.85. The molecule has 118 valence electrons. The second-order valence-electron chi connectivity index (χ2n) is 7.06. The molecule has 0 bridgehead atoms. The minimum Gasteiger partial charge on any atom is -0.496 e. The minimum absolute atomic E-state index is 0.261. The number of benzene rings is 1. The van der Waals surface area contributed by atoms with E-state index < -0.39 is 0 Å². The van der Waals surface area contributed by atoms with Crippen molar-refractivity contribution in [2.45, 2.75) is 46.3 Å². The molecule has 21 heavy (non-hydrogen) atoms. The van der Waals surface area contributed by atoms with Crippen LogP contribution in [0.4, 0.5) is 0 Å². The quantitative estimate of drug-likeness (QED) is 0.924. The summed E-state index contributed by atoms with van der Waals surface area (Å²) in [4.78, 5) is 2.51. The summed E-state index contributed by atoms with van der Waals surface area (Å²) in [6.07, 6.45) is 0. The lowest BCUT2D eigenvalue weighted by atomic mass is 9.84. The first-order chi connectivity index (χ1) is 9.81. The Labute approximate surface area is 133 Å². The number of halogens is 1. The molecule has 2 atom stereocenters. The van der Waals surface area contributed by atoms with Crippen molar-refractivity contribution in [1.29, 1.82) is 0 Å². The average molecular weight is 311 g/mol. The summed E-state index contributed by atoms with van der Waals surface area (Å²) < 4.78 is 5.47. The Balaban J connectivity index is 2.15. The van der Waals surface area contributed by atoms with E-state index in [1.54, 1.807) is 7.11 Å². The molecule has 0 amide bonds. The topological polar surface area (TPSA) is 24.5 Å². The van der Waals surface area contributed by atoms with Crippen LogP contribution in [0.15, 0.2) is 18.2 Å². The van der Waals surface area contributed by atoms with Crippen molar-refractivity contribution in [2.24, 2.45) is 5.41 Å². The maximum absolute atomic E-state index is 6.14. The number of rotatable bonds is 3. The van der Waals surface area contributed by atoms with E-state index in [0.717, 1.165) is 36.0 Å². The molecule has 4 heteroatoms. The van der Waals surface area contributed by atoms with Crippen molar-refractivity contribution < 1.29 is 4.74 Å². The van der Waals surface area contributed by atoms with Gasteiger partial charge in [0.25, 0.3) is 0 Å².